The van der Waals surface area contributed by atoms with Crippen LogP contribution in [0.4, 0.5) is 5.69 Å². The van der Waals surface area contributed by atoms with Crippen LogP contribution in [0.15, 0.2) is 65.6 Å². The molecule has 214 valence electrons. The molecule has 3 rings (SSSR count). The summed E-state index contributed by atoms with van der Waals surface area (Å²) in [4.78, 5) is 27.9. The third kappa shape index (κ3) is 6.80. The van der Waals surface area contributed by atoms with Gasteiger partial charge in [0.15, 0.2) is 0 Å². The molecule has 0 saturated heterocycles. The SMILES string of the molecule is CNC(=O)C(C)N(Cc1c(Cl)cccc1Cl)C(=O)CN(c1cc(OC)ccc1OC)S(=O)(=O)c1ccc(C)cc1. The van der Waals surface area contributed by atoms with Crippen molar-refractivity contribution >= 4 is 50.7 Å². The number of nitrogens with zero attached hydrogens (tertiary/aromatic N) is 2. The molecule has 0 spiro atoms. The topological polar surface area (TPSA) is 105 Å². The number of nitrogens with one attached hydrogen (secondary N) is 1. The summed E-state index contributed by atoms with van der Waals surface area (Å²) in [6.45, 7) is 2.57. The van der Waals surface area contributed by atoms with Crippen LogP contribution >= 0.6 is 23.2 Å². The normalized spacial score (nSPS) is 11.9. The zero-order valence-corrected chi connectivity index (χ0v) is 25.1. The standard InChI is InChI=1S/C28H31Cl2N3O6S/c1-18-9-12-21(13-10-18)40(36,37)33(25-15-20(38-4)11-14-26(25)39-5)17-27(34)32(19(2)28(35)31-3)16-22-23(29)7-6-8-24(22)30/h6-15,19H,16-17H2,1-5H3,(H,31,35). The number of halogens is 2. The van der Waals surface area contributed by atoms with Crippen molar-refractivity contribution in [3.8, 4) is 11.5 Å². The van der Waals surface area contributed by atoms with Gasteiger partial charge in [-0.25, -0.2) is 8.42 Å². The summed E-state index contributed by atoms with van der Waals surface area (Å²) < 4.78 is 39.8. The fourth-order valence-electron chi connectivity index (χ4n) is 3.99. The van der Waals surface area contributed by atoms with Gasteiger partial charge in [0.05, 0.1) is 24.8 Å². The first-order valence-corrected chi connectivity index (χ1v) is 14.4. The summed E-state index contributed by atoms with van der Waals surface area (Å²) in [6.07, 6.45) is 0. The van der Waals surface area contributed by atoms with Gasteiger partial charge in [0.25, 0.3) is 10.0 Å². The number of anilines is 1. The summed E-state index contributed by atoms with van der Waals surface area (Å²) in [5.41, 5.74) is 1.36. The number of hydrogen-bond donors (Lipinski definition) is 1. The molecule has 0 saturated carbocycles. The number of sulfonamides is 1. The Balaban J connectivity index is 2.16. The lowest BCUT2D eigenvalue weighted by Crippen LogP contribution is -2.50. The lowest BCUT2D eigenvalue weighted by atomic mass is 10.1. The van der Waals surface area contributed by atoms with Gasteiger partial charge in [0.2, 0.25) is 11.8 Å². The Bertz CT molecular complexity index is 1460. The molecule has 2 amide bonds. The van der Waals surface area contributed by atoms with Gasteiger partial charge in [-0.15, -0.1) is 0 Å². The van der Waals surface area contributed by atoms with E-state index in [0.717, 1.165) is 9.87 Å². The smallest absolute Gasteiger partial charge is 0.264 e. The molecule has 1 N–H and O–H groups in total. The Kier molecular flexibility index (Phi) is 10.3. The lowest BCUT2D eigenvalue weighted by molar-refractivity contribution is -0.139. The predicted octanol–water partition coefficient (Wildman–Crippen LogP) is 4.68. The molecule has 3 aromatic rings. The van der Waals surface area contributed by atoms with Crippen molar-refractivity contribution in [2.45, 2.75) is 31.3 Å². The summed E-state index contributed by atoms with van der Waals surface area (Å²) in [6, 6.07) is 14.8. The van der Waals surface area contributed by atoms with E-state index < -0.39 is 34.4 Å². The van der Waals surface area contributed by atoms with E-state index >= 15 is 0 Å². The molecule has 12 heteroatoms. The minimum atomic E-state index is -4.30. The quantitative estimate of drug-likeness (QED) is 0.339. The second-order valence-electron chi connectivity index (χ2n) is 8.87. The number of likely N-dealkylation sites (N-methyl/N-ethyl adjacent to an activating group) is 1. The van der Waals surface area contributed by atoms with Gasteiger partial charge >= 0.3 is 0 Å². The Labute approximate surface area is 244 Å². The second-order valence-corrected chi connectivity index (χ2v) is 11.6. The number of ether oxygens (including phenoxy) is 2. The highest BCUT2D eigenvalue weighted by molar-refractivity contribution is 7.92. The maximum Gasteiger partial charge on any atom is 0.264 e. The third-order valence-electron chi connectivity index (χ3n) is 6.35. The van der Waals surface area contributed by atoms with E-state index in [4.69, 9.17) is 32.7 Å². The fourth-order valence-corrected chi connectivity index (χ4v) is 5.92. The van der Waals surface area contributed by atoms with Gasteiger partial charge in [0.1, 0.15) is 24.1 Å². The van der Waals surface area contributed by atoms with Crippen LogP contribution in [0.3, 0.4) is 0 Å². The Hall–Kier alpha value is -3.47. The average Bonchev–Trinajstić information content (AvgIpc) is 2.94. The first-order chi connectivity index (χ1) is 18.9. The maximum atomic E-state index is 14.0. The summed E-state index contributed by atoms with van der Waals surface area (Å²) in [7, 11) is -0.0243. The van der Waals surface area contributed by atoms with Crippen molar-refractivity contribution in [3.63, 3.8) is 0 Å². The van der Waals surface area contributed by atoms with Crippen LogP contribution in [0.1, 0.15) is 18.1 Å². The highest BCUT2D eigenvalue weighted by atomic mass is 35.5. The van der Waals surface area contributed by atoms with Crippen LogP contribution < -0.4 is 19.1 Å². The molecule has 0 radical (unpaired) electrons. The number of amides is 2. The minimum absolute atomic E-state index is 0.0316. The molecule has 0 bridgehead atoms. The average molecular weight is 609 g/mol. The van der Waals surface area contributed by atoms with Crippen molar-refractivity contribution in [2.24, 2.45) is 0 Å². The van der Waals surface area contributed by atoms with E-state index in [0.29, 0.717) is 21.4 Å². The van der Waals surface area contributed by atoms with Crippen LogP contribution in [-0.2, 0) is 26.2 Å². The molecule has 40 heavy (non-hydrogen) atoms. The molecule has 0 fully saturated rings. The number of benzene rings is 3. The number of rotatable bonds is 11. The van der Waals surface area contributed by atoms with Gasteiger partial charge < -0.3 is 19.7 Å². The predicted molar refractivity (Wildman–Crippen MR) is 156 cm³/mol. The Morgan fingerprint density at radius 2 is 1.60 bits per heavy atom. The molecule has 1 atom stereocenters. The van der Waals surface area contributed by atoms with Crippen LogP contribution in [0.25, 0.3) is 0 Å². The van der Waals surface area contributed by atoms with Crippen LogP contribution in [0, 0.1) is 6.92 Å². The van der Waals surface area contributed by atoms with Crippen LogP contribution in [0.5, 0.6) is 11.5 Å². The summed E-state index contributed by atoms with van der Waals surface area (Å²) >= 11 is 12.8. The van der Waals surface area contributed by atoms with E-state index in [1.807, 2.05) is 6.92 Å². The Morgan fingerprint density at radius 3 is 2.15 bits per heavy atom. The van der Waals surface area contributed by atoms with Crippen molar-refractivity contribution in [2.75, 3.05) is 32.1 Å². The summed E-state index contributed by atoms with van der Waals surface area (Å²) in [5, 5.41) is 3.13. The number of hydrogen-bond acceptors (Lipinski definition) is 6. The third-order valence-corrected chi connectivity index (χ3v) is 8.83. The molecule has 0 aliphatic heterocycles. The van der Waals surface area contributed by atoms with Crippen LogP contribution in [-0.4, -0.2) is 59.0 Å². The van der Waals surface area contributed by atoms with Crippen molar-refractivity contribution in [1.82, 2.24) is 10.2 Å². The largest absolute Gasteiger partial charge is 0.497 e. The lowest BCUT2D eigenvalue weighted by Gasteiger charge is -2.32. The second kappa shape index (κ2) is 13.3. The van der Waals surface area contributed by atoms with Gasteiger partial charge in [-0.1, -0.05) is 47.0 Å². The van der Waals surface area contributed by atoms with Crippen molar-refractivity contribution in [1.29, 1.82) is 0 Å². The number of carbonyl (C=O) groups excluding carboxylic acids is 2. The molecular formula is C28H31Cl2N3O6S. The van der Waals surface area contributed by atoms with Gasteiger partial charge in [-0.05, 0) is 50.2 Å². The molecule has 0 aromatic heterocycles. The van der Waals surface area contributed by atoms with E-state index in [1.165, 1.54) is 51.3 Å². The number of carbonyl (C=O) groups is 2. The van der Waals surface area contributed by atoms with Gasteiger partial charge in [0, 0.05) is 35.3 Å². The van der Waals surface area contributed by atoms with Gasteiger partial charge in [-0.3, -0.25) is 13.9 Å². The minimum Gasteiger partial charge on any atom is -0.497 e. The van der Waals surface area contributed by atoms with E-state index in [9.17, 15) is 18.0 Å². The highest BCUT2D eigenvalue weighted by Crippen LogP contribution is 2.36. The fraction of sp³-hybridized carbons (Fsp3) is 0.286. The maximum absolute atomic E-state index is 14.0. The first kappa shape index (κ1) is 31.1. The van der Waals surface area contributed by atoms with Crippen molar-refractivity contribution in [3.05, 3.63) is 81.8 Å². The molecule has 0 heterocycles. The van der Waals surface area contributed by atoms with Gasteiger partial charge in [-0.2, -0.15) is 0 Å². The molecule has 3 aromatic carbocycles. The Morgan fingerprint density at radius 1 is 0.975 bits per heavy atom. The van der Waals surface area contributed by atoms with E-state index in [2.05, 4.69) is 5.32 Å². The molecular weight excluding hydrogens is 577 g/mol. The first-order valence-electron chi connectivity index (χ1n) is 12.2. The zero-order valence-electron chi connectivity index (χ0n) is 22.8. The molecule has 0 aliphatic carbocycles. The molecule has 0 aliphatic rings. The zero-order chi connectivity index (χ0) is 29.6. The van der Waals surface area contributed by atoms with Crippen molar-refractivity contribution < 1.29 is 27.5 Å². The number of aryl methyl sites for hydroxylation is 1. The summed E-state index contributed by atoms with van der Waals surface area (Å²) in [5.74, 6) is -0.578. The monoisotopic (exact) mass is 607 g/mol. The molecule has 1 unspecified atom stereocenters. The highest BCUT2D eigenvalue weighted by Gasteiger charge is 2.34. The molecule has 9 nitrogen and oxygen atoms in total. The number of methoxy groups -OCH3 is 2. The van der Waals surface area contributed by atoms with Crippen LogP contribution in [0.2, 0.25) is 10.0 Å². The van der Waals surface area contributed by atoms with E-state index in [-0.39, 0.29) is 22.9 Å². The van der Waals surface area contributed by atoms with E-state index in [1.54, 1.807) is 42.5 Å².